The smallest absolute Gasteiger partial charge is 0.320 e. The van der Waals surface area contributed by atoms with Gasteiger partial charge in [-0.1, -0.05) is 56.1 Å². The van der Waals surface area contributed by atoms with Gasteiger partial charge in [-0.2, -0.15) is 0 Å². The lowest BCUT2D eigenvalue weighted by molar-refractivity contribution is 0.136. The van der Waals surface area contributed by atoms with Gasteiger partial charge in [0.25, 0.3) is 0 Å². The van der Waals surface area contributed by atoms with Crippen LogP contribution in [0.25, 0.3) is 10.2 Å². The van der Waals surface area contributed by atoms with Crippen LogP contribution in [0.1, 0.15) is 39.0 Å². The first-order chi connectivity index (χ1) is 10.2. The second kappa shape index (κ2) is 7.83. The number of thiazole rings is 1. The molecule has 0 fully saturated rings. The summed E-state index contributed by atoms with van der Waals surface area (Å²) in [6, 6.07) is 7.23. The summed E-state index contributed by atoms with van der Waals surface area (Å²) in [5, 5.41) is 2.67. The van der Waals surface area contributed by atoms with Gasteiger partial charge in [0.2, 0.25) is 0 Å². The molecular formula is C15H20N2O3S. The maximum absolute atomic E-state index is 11.8. The van der Waals surface area contributed by atoms with Crippen molar-refractivity contribution >= 4 is 27.6 Å². The molecule has 0 aliphatic rings. The van der Waals surface area contributed by atoms with Crippen molar-refractivity contribution in [1.29, 1.82) is 0 Å². The lowest BCUT2D eigenvalue weighted by Crippen LogP contribution is -2.36. The van der Waals surface area contributed by atoms with Crippen LogP contribution in [0, 0.1) is 0 Å². The molecule has 0 saturated heterocycles. The molecule has 2 rings (SSSR count). The van der Waals surface area contributed by atoms with Crippen LogP contribution < -0.4 is 15.0 Å². The van der Waals surface area contributed by atoms with Gasteiger partial charge < -0.3 is 10.2 Å². The lowest BCUT2D eigenvalue weighted by Gasteiger charge is -2.06. The van der Waals surface area contributed by atoms with Crippen molar-refractivity contribution in [2.24, 2.45) is 0 Å². The van der Waals surface area contributed by atoms with E-state index in [1.54, 1.807) is 12.1 Å². The van der Waals surface area contributed by atoms with Gasteiger partial charge in [-0.15, -0.1) is 4.73 Å². The van der Waals surface area contributed by atoms with E-state index in [0.29, 0.717) is 12.1 Å². The zero-order valence-corrected chi connectivity index (χ0v) is 12.9. The predicted octanol–water partition coefficient (Wildman–Crippen LogP) is 3.17. The van der Waals surface area contributed by atoms with Gasteiger partial charge in [0, 0.05) is 6.54 Å². The molecule has 1 aromatic carbocycles. The number of benzene rings is 1. The van der Waals surface area contributed by atoms with E-state index in [-0.39, 0.29) is 4.87 Å². The summed E-state index contributed by atoms with van der Waals surface area (Å²) in [5.41, 5.74) is 0.616. The van der Waals surface area contributed by atoms with E-state index in [9.17, 15) is 9.59 Å². The Kier molecular flexibility index (Phi) is 5.80. The molecule has 114 valence electrons. The summed E-state index contributed by atoms with van der Waals surface area (Å²) in [4.78, 5) is 28.3. The number of fused-ring (bicyclic) bond motifs is 1. The van der Waals surface area contributed by atoms with Gasteiger partial charge in [-0.3, -0.25) is 4.79 Å². The van der Waals surface area contributed by atoms with Crippen molar-refractivity contribution in [2.75, 3.05) is 6.54 Å². The quantitative estimate of drug-likeness (QED) is 0.799. The van der Waals surface area contributed by atoms with Gasteiger partial charge in [-0.05, 0) is 18.6 Å². The van der Waals surface area contributed by atoms with Crippen molar-refractivity contribution in [3.05, 3.63) is 33.9 Å². The molecule has 1 aromatic heterocycles. The molecule has 0 saturated carbocycles. The normalized spacial score (nSPS) is 10.7. The zero-order valence-electron chi connectivity index (χ0n) is 12.1. The van der Waals surface area contributed by atoms with Gasteiger partial charge in [-0.25, -0.2) is 4.79 Å². The van der Waals surface area contributed by atoms with Crippen molar-refractivity contribution in [3.63, 3.8) is 0 Å². The molecule has 6 heteroatoms. The van der Waals surface area contributed by atoms with Crippen LogP contribution in [-0.2, 0) is 0 Å². The minimum absolute atomic E-state index is 0.297. The Labute approximate surface area is 127 Å². The van der Waals surface area contributed by atoms with Crippen LogP contribution in [0.3, 0.4) is 0 Å². The maximum Gasteiger partial charge on any atom is 0.432 e. The van der Waals surface area contributed by atoms with E-state index in [1.165, 1.54) is 19.3 Å². The molecule has 0 aliphatic heterocycles. The fourth-order valence-corrected chi connectivity index (χ4v) is 2.87. The van der Waals surface area contributed by atoms with Gasteiger partial charge >= 0.3 is 11.0 Å². The predicted molar refractivity (Wildman–Crippen MR) is 84.8 cm³/mol. The third-order valence-corrected chi connectivity index (χ3v) is 4.08. The standard InChI is InChI=1S/C15H20N2O3S/c1-2-3-4-5-8-11-16-14(18)20-17-12-9-6-7-10-13(12)21-15(17)19/h6-7,9-10H,2-5,8,11H2,1H3,(H,16,18). The topological polar surface area (TPSA) is 60.3 Å². The monoisotopic (exact) mass is 308 g/mol. The Bertz CT molecular complexity index is 648. The third kappa shape index (κ3) is 4.32. The summed E-state index contributed by atoms with van der Waals surface area (Å²) < 4.78 is 1.85. The molecule has 0 unspecified atom stereocenters. The van der Waals surface area contributed by atoms with Crippen molar-refractivity contribution in [2.45, 2.75) is 39.0 Å². The largest absolute Gasteiger partial charge is 0.432 e. The maximum atomic E-state index is 11.8. The Morgan fingerprint density at radius 2 is 2.00 bits per heavy atom. The third-order valence-electron chi connectivity index (χ3n) is 3.17. The molecule has 2 aromatic rings. The first kappa shape index (κ1) is 15.6. The minimum Gasteiger partial charge on any atom is -0.320 e. The van der Waals surface area contributed by atoms with Crippen LogP contribution in [0.4, 0.5) is 4.79 Å². The minimum atomic E-state index is -0.587. The van der Waals surface area contributed by atoms with Crippen molar-refractivity contribution in [1.82, 2.24) is 10.0 Å². The number of rotatable bonds is 7. The molecule has 0 spiro atoms. The highest BCUT2D eigenvalue weighted by Gasteiger charge is 2.11. The number of aromatic nitrogens is 1. The number of carbonyl (C=O) groups excluding carboxylic acids is 1. The van der Waals surface area contributed by atoms with Crippen molar-refractivity contribution < 1.29 is 9.63 Å². The van der Waals surface area contributed by atoms with E-state index in [2.05, 4.69) is 12.2 Å². The lowest BCUT2D eigenvalue weighted by atomic mass is 10.1. The molecule has 0 aliphatic carbocycles. The molecular weight excluding hydrogens is 288 g/mol. The van der Waals surface area contributed by atoms with Crippen LogP contribution in [-0.4, -0.2) is 17.4 Å². The molecule has 1 heterocycles. The number of nitrogens with one attached hydrogen (secondary N) is 1. The Morgan fingerprint density at radius 3 is 2.81 bits per heavy atom. The van der Waals surface area contributed by atoms with E-state index in [1.807, 2.05) is 12.1 Å². The van der Waals surface area contributed by atoms with E-state index in [4.69, 9.17) is 4.84 Å². The molecule has 5 nitrogen and oxygen atoms in total. The molecule has 0 bridgehead atoms. The van der Waals surface area contributed by atoms with Gasteiger partial charge in [0.05, 0.1) is 4.70 Å². The summed E-state index contributed by atoms with van der Waals surface area (Å²) >= 11 is 1.06. The number of carbonyl (C=O) groups is 1. The van der Waals surface area contributed by atoms with Gasteiger partial charge in [0.15, 0.2) is 0 Å². The van der Waals surface area contributed by atoms with E-state index < -0.39 is 6.09 Å². The number of hydrogen-bond acceptors (Lipinski definition) is 4. The first-order valence-corrected chi connectivity index (χ1v) is 8.10. The Balaban J connectivity index is 1.84. The summed E-state index contributed by atoms with van der Waals surface area (Å²) in [5.74, 6) is 0. The van der Waals surface area contributed by atoms with Crippen LogP contribution in [0.5, 0.6) is 0 Å². The first-order valence-electron chi connectivity index (χ1n) is 7.29. The second-order valence-corrected chi connectivity index (χ2v) is 5.84. The molecule has 1 N–H and O–H groups in total. The fraction of sp³-hybridized carbons (Fsp3) is 0.467. The second-order valence-electron chi connectivity index (χ2n) is 4.85. The number of amides is 1. The molecule has 21 heavy (non-hydrogen) atoms. The van der Waals surface area contributed by atoms with E-state index >= 15 is 0 Å². The highest BCUT2D eigenvalue weighted by molar-refractivity contribution is 7.16. The highest BCUT2D eigenvalue weighted by atomic mass is 32.1. The average Bonchev–Trinajstić information content (AvgIpc) is 2.79. The van der Waals surface area contributed by atoms with Gasteiger partial charge in [0.1, 0.15) is 5.52 Å². The van der Waals surface area contributed by atoms with Crippen LogP contribution in [0.15, 0.2) is 29.1 Å². The average molecular weight is 308 g/mol. The molecule has 0 atom stereocenters. The number of hydrogen-bond donors (Lipinski definition) is 1. The zero-order chi connectivity index (χ0) is 15.1. The Morgan fingerprint density at radius 1 is 1.24 bits per heavy atom. The summed E-state index contributed by atoms with van der Waals surface area (Å²) in [6.45, 7) is 2.73. The SMILES string of the molecule is CCCCCCCNC(=O)On1c(=O)sc2ccccc21. The molecule has 1 amide bonds. The highest BCUT2D eigenvalue weighted by Crippen LogP contribution is 2.15. The fourth-order valence-electron chi connectivity index (χ4n) is 2.07. The Hall–Kier alpha value is -1.82. The van der Waals surface area contributed by atoms with Crippen LogP contribution in [0.2, 0.25) is 0 Å². The number of nitrogens with zero attached hydrogens (tertiary/aromatic N) is 1. The molecule has 0 radical (unpaired) electrons. The summed E-state index contributed by atoms with van der Waals surface area (Å²) in [7, 11) is 0. The van der Waals surface area contributed by atoms with E-state index in [0.717, 1.165) is 33.6 Å². The number of unbranched alkanes of at least 4 members (excludes halogenated alkanes) is 4. The van der Waals surface area contributed by atoms with Crippen molar-refractivity contribution in [3.8, 4) is 0 Å². The summed E-state index contributed by atoms with van der Waals surface area (Å²) in [6.07, 6.45) is 5.03. The number of para-hydroxylation sites is 1. The van der Waals surface area contributed by atoms with Crippen LogP contribution >= 0.6 is 11.3 Å².